The molecule has 18 heavy (non-hydrogen) atoms. The molecule has 0 radical (unpaired) electrons. The van der Waals surface area contributed by atoms with Gasteiger partial charge in [0.2, 0.25) is 0 Å². The molecule has 0 aliphatic heterocycles. The SMILES string of the molecule is CC(C)[C@@H]1CC[C@@H](C)C[C@H]1OS(=O)(=O)C(F)(F)F. The van der Waals surface area contributed by atoms with Gasteiger partial charge >= 0.3 is 15.6 Å². The van der Waals surface area contributed by atoms with Crippen molar-refractivity contribution in [1.29, 1.82) is 0 Å². The first-order valence-corrected chi connectivity index (χ1v) is 7.45. The van der Waals surface area contributed by atoms with E-state index in [1.807, 2.05) is 20.8 Å². The minimum atomic E-state index is -5.49. The Morgan fingerprint density at radius 1 is 1.22 bits per heavy atom. The quantitative estimate of drug-likeness (QED) is 0.591. The molecule has 7 heteroatoms. The maximum atomic E-state index is 12.3. The zero-order valence-corrected chi connectivity index (χ0v) is 11.5. The molecule has 0 aromatic rings. The van der Waals surface area contributed by atoms with Gasteiger partial charge in [0.25, 0.3) is 0 Å². The van der Waals surface area contributed by atoms with Gasteiger partial charge < -0.3 is 0 Å². The van der Waals surface area contributed by atoms with Crippen molar-refractivity contribution in [2.24, 2.45) is 17.8 Å². The third-order valence-electron chi connectivity index (χ3n) is 3.50. The summed E-state index contributed by atoms with van der Waals surface area (Å²) in [6.07, 6.45) is 1.10. The first-order chi connectivity index (χ1) is 8.04. The molecule has 0 aromatic carbocycles. The maximum absolute atomic E-state index is 12.3. The van der Waals surface area contributed by atoms with E-state index in [1.165, 1.54) is 0 Å². The lowest BCUT2D eigenvalue weighted by Crippen LogP contribution is -2.39. The summed E-state index contributed by atoms with van der Waals surface area (Å²) >= 11 is 0. The number of halogens is 3. The smallest absolute Gasteiger partial charge is 0.260 e. The minimum Gasteiger partial charge on any atom is -0.260 e. The average Bonchev–Trinajstić information content (AvgIpc) is 2.14. The molecule has 3 nitrogen and oxygen atoms in total. The van der Waals surface area contributed by atoms with E-state index >= 15 is 0 Å². The molecule has 0 saturated heterocycles. The Labute approximate surface area is 106 Å². The number of rotatable bonds is 3. The standard InChI is InChI=1S/C11H19F3O3S/c1-7(2)9-5-4-8(3)6-10(9)17-18(15,16)11(12,13)14/h7-10H,4-6H2,1-3H3/t8-,9+,10-/m1/s1. The van der Waals surface area contributed by atoms with E-state index in [4.69, 9.17) is 0 Å². The van der Waals surface area contributed by atoms with Crippen LogP contribution in [0, 0.1) is 17.8 Å². The predicted molar refractivity (Wildman–Crippen MR) is 61.2 cm³/mol. The minimum absolute atomic E-state index is 0.103. The first kappa shape index (κ1) is 15.8. The van der Waals surface area contributed by atoms with Crippen LogP contribution in [0.3, 0.4) is 0 Å². The van der Waals surface area contributed by atoms with Gasteiger partial charge in [-0.1, -0.05) is 27.2 Å². The van der Waals surface area contributed by atoms with Crippen LogP contribution in [-0.4, -0.2) is 20.0 Å². The lowest BCUT2D eigenvalue weighted by atomic mass is 9.75. The Morgan fingerprint density at radius 3 is 2.22 bits per heavy atom. The van der Waals surface area contributed by atoms with Gasteiger partial charge in [0.1, 0.15) is 0 Å². The lowest BCUT2D eigenvalue weighted by Gasteiger charge is -2.36. The molecule has 0 bridgehead atoms. The molecule has 3 atom stereocenters. The highest BCUT2D eigenvalue weighted by atomic mass is 32.2. The number of alkyl halides is 3. The second kappa shape index (κ2) is 5.36. The summed E-state index contributed by atoms with van der Waals surface area (Å²) in [5.74, 6) is 0.151. The predicted octanol–water partition coefficient (Wildman–Crippen LogP) is 3.31. The Kier molecular flexibility index (Phi) is 4.70. The molecular formula is C11H19F3O3S. The first-order valence-electron chi connectivity index (χ1n) is 6.04. The van der Waals surface area contributed by atoms with Gasteiger partial charge in [0, 0.05) is 0 Å². The van der Waals surface area contributed by atoms with Gasteiger partial charge in [-0.25, -0.2) is 0 Å². The van der Waals surface area contributed by atoms with Crippen molar-refractivity contribution in [1.82, 2.24) is 0 Å². The fourth-order valence-electron chi connectivity index (χ4n) is 2.44. The summed E-state index contributed by atoms with van der Waals surface area (Å²) in [6.45, 7) is 5.64. The normalized spacial score (nSPS) is 30.7. The fourth-order valence-corrected chi connectivity index (χ4v) is 3.10. The molecule has 1 fully saturated rings. The number of hydrogen-bond acceptors (Lipinski definition) is 3. The van der Waals surface area contributed by atoms with E-state index in [0.717, 1.165) is 6.42 Å². The van der Waals surface area contributed by atoms with E-state index in [9.17, 15) is 21.6 Å². The van der Waals surface area contributed by atoms with E-state index in [-0.39, 0.29) is 17.8 Å². The molecule has 1 rings (SSSR count). The van der Waals surface area contributed by atoms with Crippen LogP contribution in [-0.2, 0) is 14.3 Å². The van der Waals surface area contributed by atoms with Crippen molar-refractivity contribution in [3.63, 3.8) is 0 Å². The Hall–Kier alpha value is -0.300. The summed E-state index contributed by atoms with van der Waals surface area (Å²) in [5, 5.41) is 0. The van der Waals surface area contributed by atoms with Gasteiger partial charge in [-0.05, 0) is 30.6 Å². The zero-order chi connectivity index (χ0) is 14.1. The van der Waals surface area contributed by atoms with Crippen molar-refractivity contribution in [3.8, 4) is 0 Å². The highest BCUT2D eigenvalue weighted by molar-refractivity contribution is 7.87. The molecule has 1 aliphatic rings. The largest absolute Gasteiger partial charge is 0.523 e. The van der Waals surface area contributed by atoms with Crippen molar-refractivity contribution in [2.45, 2.75) is 51.6 Å². The third-order valence-corrected chi connectivity index (χ3v) is 4.56. The summed E-state index contributed by atoms with van der Waals surface area (Å²) in [5.41, 5.74) is -5.34. The molecule has 1 saturated carbocycles. The van der Waals surface area contributed by atoms with Crippen molar-refractivity contribution in [2.75, 3.05) is 0 Å². The molecule has 0 unspecified atom stereocenters. The van der Waals surface area contributed by atoms with Crippen LogP contribution < -0.4 is 0 Å². The van der Waals surface area contributed by atoms with Crippen LogP contribution in [0.25, 0.3) is 0 Å². The molecule has 0 amide bonds. The third kappa shape index (κ3) is 3.60. The maximum Gasteiger partial charge on any atom is 0.523 e. The Morgan fingerprint density at radius 2 is 1.78 bits per heavy atom. The molecule has 0 aromatic heterocycles. The van der Waals surface area contributed by atoms with Crippen molar-refractivity contribution < 1.29 is 25.8 Å². The zero-order valence-electron chi connectivity index (χ0n) is 10.7. The number of hydrogen-bond donors (Lipinski definition) is 0. The van der Waals surface area contributed by atoms with Gasteiger partial charge in [-0.2, -0.15) is 21.6 Å². The molecule has 108 valence electrons. The molecule has 0 heterocycles. The molecule has 0 N–H and O–H groups in total. The molecule has 0 spiro atoms. The summed E-state index contributed by atoms with van der Waals surface area (Å²) in [7, 11) is -5.49. The summed E-state index contributed by atoms with van der Waals surface area (Å²) in [6, 6.07) is 0. The van der Waals surface area contributed by atoms with E-state index in [2.05, 4.69) is 4.18 Å². The fraction of sp³-hybridized carbons (Fsp3) is 1.00. The van der Waals surface area contributed by atoms with E-state index in [1.54, 1.807) is 0 Å². The topological polar surface area (TPSA) is 43.4 Å². The van der Waals surface area contributed by atoms with Crippen molar-refractivity contribution >= 4 is 10.1 Å². The van der Waals surface area contributed by atoms with Crippen LogP contribution in [0.4, 0.5) is 13.2 Å². The Balaban J connectivity index is 2.85. The van der Waals surface area contributed by atoms with Gasteiger partial charge in [-0.15, -0.1) is 0 Å². The van der Waals surface area contributed by atoms with Gasteiger partial charge in [0.15, 0.2) is 0 Å². The Bertz CT molecular complexity index is 375. The second-order valence-corrected chi connectivity index (χ2v) is 6.92. The monoisotopic (exact) mass is 288 g/mol. The molecule has 1 aliphatic carbocycles. The highest BCUT2D eigenvalue weighted by Gasteiger charge is 2.50. The van der Waals surface area contributed by atoms with Crippen molar-refractivity contribution in [3.05, 3.63) is 0 Å². The lowest BCUT2D eigenvalue weighted by molar-refractivity contribution is -0.0640. The summed E-state index contributed by atoms with van der Waals surface area (Å²) < 4.78 is 63.4. The average molecular weight is 288 g/mol. The van der Waals surface area contributed by atoms with Crippen LogP contribution >= 0.6 is 0 Å². The van der Waals surface area contributed by atoms with Crippen LogP contribution in [0.2, 0.25) is 0 Å². The second-order valence-electron chi connectivity index (χ2n) is 5.36. The van der Waals surface area contributed by atoms with Gasteiger partial charge in [-0.3, -0.25) is 4.18 Å². The van der Waals surface area contributed by atoms with Gasteiger partial charge in [0.05, 0.1) is 6.10 Å². The summed E-state index contributed by atoms with van der Waals surface area (Å²) in [4.78, 5) is 0. The van der Waals surface area contributed by atoms with E-state index in [0.29, 0.717) is 12.8 Å². The van der Waals surface area contributed by atoms with Crippen LogP contribution in [0.15, 0.2) is 0 Å². The molecular weight excluding hydrogens is 269 g/mol. The van der Waals surface area contributed by atoms with Crippen LogP contribution in [0.1, 0.15) is 40.0 Å². The van der Waals surface area contributed by atoms with E-state index < -0.39 is 21.7 Å². The van der Waals surface area contributed by atoms with Crippen LogP contribution in [0.5, 0.6) is 0 Å². The highest BCUT2D eigenvalue weighted by Crippen LogP contribution is 2.38.